The highest BCUT2D eigenvalue weighted by Gasteiger charge is 2.41. The molecule has 0 aromatic carbocycles. The first-order valence-electron chi connectivity index (χ1n) is 8.51. The number of nitrogens with zero attached hydrogens (tertiary/aromatic N) is 2. The van der Waals surface area contributed by atoms with Crippen molar-refractivity contribution in [2.45, 2.75) is 44.3 Å². The zero-order valence-electron chi connectivity index (χ0n) is 14.5. The molecule has 1 unspecified atom stereocenters. The fraction of sp³-hybridized carbons (Fsp3) is 0.875. The molecule has 1 aliphatic carbocycles. The van der Waals surface area contributed by atoms with Crippen molar-refractivity contribution in [3.05, 3.63) is 0 Å². The van der Waals surface area contributed by atoms with Crippen LogP contribution in [0, 0.1) is 5.92 Å². The molecule has 2 rings (SSSR count). The van der Waals surface area contributed by atoms with Gasteiger partial charge in [0.05, 0.1) is 4.75 Å². The lowest BCUT2D eigenvalue weighted by Crippen LogP contribution is -2.53. The molecule has 7 heteroatoms. The van der Waals surface area contributed by atoms with Crippen molar-refractivity contribution in [3.8, 4) is 0 Å². The maximum absolute atomic E-state index is 12.4. The molecule has 132 valence electrons. The normalized spacial score (nSPS) is 22.3. The second-order valence-corrected chi connectivity index (χ2v) is 8.74. The molecule has 2 fully saturated rings. The Morgan fingerprint density at radius 1 is 1.09 bits per heavy atom. The first kappa shape index (κ1) is 18.2. The quantitative estimate of drug-likeness (QED) is 0.833. The third-order valence-corrected chi connectivity index (χ3v) is 6.80. The second-order valence-electron chi connectivity index (χ2n) is 6.97. The minimum atomic E-state index is -0.910. The third-order valence-electron chi connectivity index (χ3n) is 5.03. The molecule has 0 aromatic rings. The van der Waals surface area contributed by atoms with Crippen LogP contribution in [0.3, 0.4) is 0 Å². The number of nitrogens with one attached hydrogen (secondary N) is 1. The monoisotopic (exact) mass is 343 g/mol. The maximum Gasteiger partial charge on any atom is 0.317 e. The molecular formula is C16H29N3O3S. The van der Waals surface area contributed by atoms with Crippen molar-refractivity contribution in [1.82, 2.24) is 15.1 Å². The zero-order valence-corrected chi connectivity index (χ0v) is 15.3. The highest BCUT2D eigenvalue weighted by Crippen LogP contribution is 2.36. The van der Waals surface area contributed by atoms with Gasteiger partial charge in [0.1, 0.15) is 0 Å². The van der Waals surface area contributed by atoms with Crippen LogP contribution in [0.5, 0.6) is 0 Å². The summed E-state index contributed by atoms with van der Waals surface area (Å²) >= 11 is 0. The predicted molar refractivity (Wildman–Crippen MR) is 91.7 cm³/mol. The van der Waals surface area contributed by atoms with Gasteiger partial charge in [0.2, 0.25) is 5.91 Å². The first-order chi connectivity index (χ1) is 10.9. The van der Waals surface area contributed by atoms with Crippen LogP contribution in [0.4, 0.5) is 4.79 Å². The SMILES string of the molecule is CC(C)C(=O)N1CCCN(C(=O)NCC2(S(C)=O)CCC2)CC1. The van der Waals surface area contributed by atoms with Gasteiger partial charge in [-0.25, -0.2) is 4.79 Å². The Morgan fingerprint density at radius 2 is 1.70 bits per heavy atom. The molecule has 1 N–H and O–H groups in total. The van der Waals surface area contributed by atoms with Crippen LogP contribution in [0.2, 0.25) is 0 Å². The molecule has 1 saturated heterocycles. The van der Waals surface area contributed by atoms with Crippen molar-refractivity contribution in [2.75, 3.05) is 39.0 Å². The summed E-state index contributed by atoms with van der Waals surface area (Å²) < 4.78 is 11.7. The van der Waals surface area contributed by atoms with E-state index in [1.54, 1.807) is 11.2 Å². The number of hydrogen-bond donors (Lipinski definition) is 1. The summed E-state index contributed by atoms with van der Waals surface area (Å²) in [6.45, 7) is 6.82. The van der Waals surface area contributed by atoms with Gasteiger partial charge in [-0.3, -0.25) is 9.00 Å². The van der Waals surface area contributed by atoms with Crippen molar-refractivity contribution >= 4 is 22.7 Å². The number of urea groups is 1. The van der Waals surface area contributed by atoms with Gasteiger partial charge in [0.25, 0.3) is 0 Å². The summed E-state index contributed by atoms with van der Waals surface area (Å²) in [6, 6.07) is -0.0967. The summed E-state index contributed by atoms with van der Waals surface area (Å²) in [5, 5.41) is 2.96. The Balaban J connectivity index is 1.84. The van der Waals surface area contributed by atoms with E-state index in [1.807, 2.05) is 18.7 Å². The van der Waals surface area contributed by atoms with Gasteiger partial charge in [0.15, 0.2) is 0 Å². The molecule has 3 amide bonds. The van der Waals surface area contributed by atoms with Crippen LogP contribution in [-0.4, -0.2) is 69.7 Å². The van der Waals surface area contributed by atoms with E-state index in [9.17, 15) is 13.8 Å². The molecule has 0 radical (unpaired) electrons. The zero-order chi connectivity index (χ0) is 17.0. The minimum absolute atomic E-state index is 0.00613. The van der Waals surface area contributed by atoms with Crippen molar-refractivity contribution in [1.29, 1.82) is 0 Å². The van der Waals surface area contributed by atoms with E-state index in [1.165, 1.54) is 0 Å². The number of carbonyl (C=O) groups is 2. The average Bonchev–Trinajstić information content (AvgIpc) is 2.70. The summed E-state index contributed by atoms with van der Waals surface area (Å²) in [4.78, 5) is 28.1. The maximum atomic E-state index is 12.4. The van der Waals surface area contributed by atoms with Crippen LogP contribution < -0.4 is 5.32 Å². The molecule has 0 spiro atoms. The number of amides is 3. The van der Waals surface area contributed by atoms with Gasteiger partial charge in [0, 0.05) is 55.7 Å². The topological polar surface area (TPSA) is 69.7 Å². The Kier molecular flexibility index (Phi) is 6.06. The van der Waals surface area contributed by atoms with Gasteiger partial charge >= 0.3 is 6.03 Å². The third kappa shape index (κ3) is 4.25. The smallest absolute Gasteiger partial charge is 0.317 e. The Hall–Kier alpha value is -1.11. The first-order valence-corrected chi connectivity index (χ1v) is 10.1. The van der Waals surface area contributed by atoms with Gasteiger partial charge < -0.3 is 15.1 Å². The summed E-state index contributed by atoms with van der Waals surface area (Å²) in [6.07, 6.45) is 5.47. The largest absolute Gasteiger partial charge is 0.341 e. The summed E-state index contributed by atoms with van der Waals surface area (Å²) in [5.74, 6) is 0.149. The van der Waals surface area contributed by atoms with Gasteiger partial charge in [-0.05, 0) is 19.3 Å². The van der Waals surface area contributed by atoms with E-state index in [4.69, 9.17) is 0 Å². The van der Waals surface area contributed by atoms with Crippen LogP contribution in [0.15, 0.2) is 0 Å². The standard InChI is InChI=1S/C16H29N3O3S/c1-13(2)14(20)18-8-5-9-19(11-10-18)15(21)17-12-16(23(3)22)6-4-7-16/h13H,4-12H2,1-3H3,(H,17,21). The van der Waals surface area contributed by atoms with E-state index in [-0.39, 0.29) is 22.6 Å². The summed E-state index contributed by atoms with van der Waals surface area (Å²) in [7, 11) is -0.910. The lowest BCUT2D eigenvalue weighted by atomic mass is 9.84. The Bertz CT molecular complexity index is 477. The van der Waals surface area contributed by atoms with Crippen molar-refractivity contribution in [3.63, 3.8) is 0 Å². The second kappa shape index (κ2) is 7.64. The lowest BCUT2D eigenvalue weighted by molar-refractivity contribution is -0.134. The molecule has 1 aliphatic heterocycles. The van der Waals surface area contributed by atoms with Gasteiger partial charge in [-0.2, -0.15) is 0 Å². The molecular weight excluding hydrogens is 314 g/mol. The highest BCUT2D eigenvalue weighted by molar-refractivity contribution is 7.85. The van der Waals surface area contributed by atoms with Crippen LogP contribution >= 0.6 is 0 Å². The van der Waals surface area contributed by atoms with Crippen molar-refractivity contribution < 1.29 is 13.8 Å². The van der Waals surface area contributed by atoms with E-state index >= 15 is 0 Å². The Labute approximate surface area is 141 Å². The van der Waals surface area contributed by atoms with Gasteiger partial charge in [-0.15, -0.1) is 0 Å². The minimum Gasteiger partial charge on any atom is -0.341 e. The molecule has 6 nitrogen and oxygen atoms in total. The molecule has 2 aliphatic rings. The Morgan fingerprint density at radius 3 is 2.22 bits per heavy atom. The summed E-state index contributed by atoms with van der Waals surface area (Å²) in [5.41, 5.74) is 0. The number of carbonyl (C=O) groups excluding carboxylic acids is 2. The molecule has 0 bridgehead atoms. The van der Waals surface area contributed by atoms with E-state index in [0.717, 1.165) is 25.7 Å². The molecule has 0 aromatic heterocycles. The fourth-order valence-electron chi connectivity index (χ4n) is 3.19. The van der Waals surface area contributed by atoms with Crippen LogP contribution in [-0.2, 0) is 15.6 Å². The molecule has 1 saturated carbocycles. The van der Waals surface area contributed by atoms with Crippen molar-refractivity contribution in [2.24, 2.45) is 5.92 Å². The van der Waals surface area contributed by atoms with E-state index in [0.29, 0.717) is 32.7 Å². The number of hydrogen-bond acceptors (Lipinski definition) is 3. The molecule has 23 heavy (non-hydrogen) atoms. The van der Waals surface area contributed by atoms with Crippen LogP contribution in [0.1, 0.15) is 39.5 Å². The van der Waals surface area contributed by atoms with Gasteiger partial charge in [-0.1, -0.05) is 20.3 Å². The van der Waals surface area contributed by atoms with E-state index < -0.39 is 10.8 Å². The molecule has 1 heterocycles. The van der Waals surface area contributed by atoms with Crippen LogP contribution in [0.25, 0.3) is 0 Å². The number of rotatable bonds is 4. The highest BCUT2D eigenvalue weighted by atomic mass is 32.2. The average molecular weight is 343 g/mol. The lowest BCUT2D eigenvalue weighted by Gasteiger charge is -2.40. The molecule has 1 atom stereocenters. The fourth-order valence-corrected chi connectivity index (χ4v) is 4.33. The van der Waals surface area contributed by atoms with E-state index in [2.05, 4.69) is 5.32 Å². The predicted octanol–water partition coefficient (Wildman–Crippen LogP) is 1.19.